The van der Waals surface area contributed by atoms with Crippen molar-refractivity contribution in [2.24, 2.45) is 0 Å². The van der Waals surface area contributed by atoms with Gasteiger partial charge in [-0.1, -0.05) is 102 Å². The molecule has 0 heteroatoms. The average molecular weight is 277 g/mol. The topological polar surface area (TPSA) is 0 Å². The van der Waals surface area contributed by atoms with E-state index in [1.54, 1.807) is 0 Å². The summed E-state index contributed by atoms with van der Waals surface area (Å²) in [4.78, 5) is 0. The number of hydrogen-bond donors (Lipinski definition) is 0. The van der Waals surface area contributed by atoms with Crippen LogP contribution >= 0.6 is 0 Å². The van der Waals surface area contributed by atoms with Gasteiger partial charge in [0.15, 0.2) is 0 Å². The van der Waals surface area contributed by atoms with Gasteiger partial charge >= 0.3 is 0 Å². The van der Waals surface area contributed by atoms with Crippen molar-refractivity contribution >= 4 is 0 Å². The predicted octanol–water partition coefficient (Wildman–Crippen LogP) is 7.38. The van der Waals surface area contributed by atoms with Gasteiger partial charge in [-0.3, -0.25) is 0 Å². The summed E-state index contributed by atoms with van der Waals surface area (Å²) < 4.78 is 0. The fourth-order valence-corrected chi connectivity index (χ4v) is 2.37. The van der Waals surface area contributed by atoms with Crippen molar-refractivity contribution in [3.8, 4) is 0 Å². The summed E-state index contributed by atoms with van der Waals surface area (Å²) in [6.07, 6.45) is 28.6. The molecule has 0 spiro atoms. The summed E-state index contributed by atoms with van der Waals surface area (Å²) in [7, 11) is 0. The summed E-state index contributed by atoms with van der Waals surface area (Å²) in [5.41, 5.74) is 0. The maximum atomic E-state index is 3.66. The van der Waals surface area contributed by atoms with Crippen LogP contribution in [0.5, 0.6) is 0 Å². The van der Waals surface area contributed by atoms with Crippen LogP contribution in [0.1, 0.15) is 90.4 Å². The lowest BCUT2D eigenvalue weighted by molar-refractivity contribution is 0.557. The standard InChI is InChI=1S/C20H36/c1-3-5-7-9-11-13-15-17-19-20-18-16-14-12-10-8-6-4-2/h3,5,7,13,15H,1,4,6,8-12,14,16-20H2,2H3/b7-5-,15-13?. The van der Waals surface area contributed by atoms with Crippen molar-refractivity contribution in [2.75, 3.05) is 0 Å². The molecule has 0 N–H and O–H groups in total. The largest absolute Gasteiger partial charge is 0.0991 e. The van der Waals surface area contributed by atoms with Gasteiger partial charge in [-0.2, -0.15) is 0 Å². The lowest BCUT2D eigenvalue weighted by Crippen LogP contribution is -1.81. The Morgan fingerprint density at radius 1 is 0.600 bits per heavy atom. The molecule has 0 amide bonds. The Kier molecular flexibility index (Phi) is 17.5. The van der Waals surface area contributed by atoms with E-state index in [1.807, 2.05) is 12.2 Å². The second-order valence-corrected chi connectivity index (χ2v) is 5.68. The van der Waals surface area contributed by atoms with Gasteiger partial charge in [0.25, 0.3) is 0 Å². The Balaban J connectivity index is 3.07. The first-order valence-electron chi connectivity index (χ1n) is 8.84. The molecule has 0 saturated heterocycles. The minimum absolute atomic E-state index is 1.14. The zero-order valence-electron chi connectivity index (χ0n) is 13.8. The minimum Gasteiger partial charge on any atom is -0.0991 e. The van der Waals surface area contributed by atoms with Crippen LogP contribution in [0.25, 0.3) is 0 Å². The Bertz CT molecular complexity index is 234. The Morgan fingerprint density at radius 2 is 1.10 bits per heavy atom. The lowest BCUT2D eigenvalue weighted by Gasteiger charge is -2.01. The first-order chi connectivity index (χ1) is 9.91. The number of unbranched alkanes of at least 4 members (excludes halogenated alkanes) is 11. The third kappa shape index (κ3) is 17.2. The minimum atomic E-state index is 1.14. The zero-order valence-corrected chi connectivity index (χ0v) is 13.8. The molecule has 0 nitrogen and oxygen atoms in total. The van der Waals surface area contributed by atoms with Crippen LogP contribution in [0.3, 0.4) is 0 Å². The molecule has 0 radical (unpaired) electrons. The average Bonchev–Trinajstić information content (AvgIpc) is 2.47. The van der Waals surface area contributed by atoms with E-state index in [0.717, 1.165) is 6.42 Å². The summed E-state index contributed by atoms with van der Waals surface area (Å²) in [6, 6.07) is 0. The molecule has 0 heterocycles. The van der Waals surface area contributed by atoms with Crippen molar-refractivity contribution < 1.29 is 0 Å². The van der Waals surface area contributed by atoms with Gasteiger partial charge in [-0.25, -0.2) is 0 Å². The number of hydrogen-bond acceptors (Lipinski definition) is 0. The molecular formula is C20H36. The quantitative estimate of drug-likeness (QED) is 0.166. The zero-order chi connectivity index (χ0) is 14.7. The van der Waals surface area contributed by atoms with Gasteiger partial charge in [-0.05, 0) is 25.7 Å². The van der Waals surface area contributed by atoms with Gasteiger partial charge in [0.05, 0.1) is 0 Å². The van der Waals surface area contributed by atoms with Crippen LogP contribution in [-0.4, -0.2) is 0 Å². The highest BCUT2D eigenvalue weighted by atomic mass is 14.0. The van der Waals surface area contributed by atoms with E-state index >= 15 is 0 Å². The Hall–Kier alpha value is -0.780. The van der Waals surface area contributed by atoms with Crippen LogP contribution in [-0.2, 0) is 0 Å². The van der Waals surface area contributed by atoms with Gasteiger partial charge in [0.2, 0.25) is 0 Å². The molecule has 0 saturated carbocycles. The summed E-state index contributed by atoms with van der Waals surface area (Å²) >= 11 is 0. The highest BCUT2D eigenvalue weighted by Crippen LogP contribution is 2.11. The highest BCUT2D eigenvalue weighted by Gasteiger charge is 1.91. The molecule has 0 unspecified atom stereocenters. The molecule has 0 aliphatic heterocycles. The predicted molar refractivity (Wildman–Crippen MR) is 94.2 cm³/mol. The summed E-state index contributed by atoms with van der Waals surface area (Å²) in [6.45, 7) is 5.95. The van der Waals surface area contributed by atoms with Crippen LogP contribution in [0, 0.1) is 0 Å². The van der Waals surface area contributed by atoms with Crippen molar-refractivity contribution in [1.82, 2.24) is 0 Å². The van der Waals surface area contributed by atoms with Crippen molar-refractivity contribution in [1.29, 1.82) is 0 Å². The fraction of sp³-hybridized carbons (Fsp3) is 0.700. The van der Waals surface area contributed by atoms with Crippen molar-refractivity contribution in [3.05, 3.63) is 37.0 Å². The molecule has 0 aromatic carbocycles. The molecule has 0 rings (SSSR count). The van der Waals surface area contributed by atoms with Gasteiger partial charge < -0.3 is 0 Å². The van der Waals surface area contributed by atoms with Crippen molar-refractivity contribution in [3.63, 3.8) is 0 Å². The van der Waals surface area contributed by atoms with Crippen molar-refractivity contribution in [2.45, 2.75) is 90.4 Å². The number of allylic oxidation sites excluding steroid dienone is 5. The molecule has 0 aromatic rings. The van der Waals surface area contributed by atoms with Crippen LogP contribution in [0.15, 0.2) is 37.0 Å². The first kappa shape index (κ1) is 19.2. The molecular weight excluding hydrogens is 240 g/mol. The third-order valence-corrected chi connectivity index (χ3v) is 3.66. The van der Waals surface area contributed by atoms with Gasteiger partial charge in [0.1, 0.15) is 0 Å². The van der Waals surface area contributed by atoms with Gasteiger partial charge in [-0.15, -0.1) is 0 Å². The molecule has 0 aliphatic rings. The SMILES string of the molecule is C=C/C=C\CCC=CCCCCCCCCCCCC. The lowest BCUT2D eigenvalue weighted by atomic mass is 10.1. The third-order valence-electron chi connectivity index (χ3n) is 3.66. The van der Waals surface area contributed by atoms with Crippen LogP contribution in [0.4, 0.5) is 0 Å². The maximum Gasteiger partial charge on any atom is -0.0313 e. The van der Waals surface area contributed by atoms with E-state index in [1.165, 1.54) is 77.0 Å². The van der Waals surface area contributed by atoms with E-state index in [4.69, 9.17) is 0 Å². The Morgan fingerprint density at radius 3 is 1.70 bits per heavy atom. The van der Waals surface area contributed by atoms with Crippen LogP contribution in [0.2, 0.25) is 0 Å². The molecule has 0 aromatic heterocycles. The van der Waals surface area contributed by atoms with E-state index in [0.29, 0.717) is 0 Å². The van der Waals surface area contributed by atoms with E-state index < -0.39 is 0 Å². The van der Waals surface area contributed by atoms with E-state index in [9.17, 15) is 0 Å². The molecule has 0 bridgehead atoms. The summed E-state index contributed by atoms with van der Waals surface area (Å²) in [5.74, 6) is 0. The maximum absolute atomic E-state index is 3.66. The monoisotopic (exact) mass is 276 g/mol. The molecule has 0 atom stereocenters. The smallest absolute Gasteiger partial charge is 0.0313 e. The second kappa shape index (κ2) is 18.2. The highest BCUT2D eigenvalue weighted by molar-refractivity contribution is 4.98. The van der Waals surface area contributed by atoms with Crippen LogP contribution < -0.4 is 0 Å². The fourth-order valence-electron chi connectivity index (χ4n) is 2.37. The summed E-state index contributed by atoms with van der Waals surface area (Å²) in [5, 5.41) is 0. The normalized spacial score (nSPS) is 11.7. The molecule has 116 valence electrons. The van der Waals surface area contributed by atoms with E-state index in [2.05, 4.69) is 31.7 Å². The van der Waals surface area contributed by atoms with Gasteiger partial charge in [0, 0.05) is 0 Å². The molecule has 0 aliphatic carbocycles. The molecule has 0 fully saturated rings. The van der Waals surface area contributed by atoms with E-state index in [-0.39, 0.29) is 0 Å². The number of rotatable bonds is 15. The molecule has 20 heavy (non-hydrogen) atoms. The Labute approximate surface area is 128 Å². The first-order valence-corrected chi connectivity index (χ1v) is 8.84. The second-order valence-electron chi connectivity index (χ2n) is 5.68.